The van der Waals surface area contributed by atoms with Gasteiger partial charge in [0.1, 0.15) is 5.82 Å². The first-order valence-corrected chi connectivity index (χ1v) is 9.72. The summed E-state index contributed by atoms with van der Waals surface area (Å²) in [4.78, 5) is 23.7. The molecule has 0 unspecified atom stereocenters. The van der Waals surface area contributed by atoms with Crippen LogP contribution in [0.25, 0.3) is 11.3 Å². The highest BCUT2D eigenvalue weighted by atomic mass is 35.5. The van der Waals surface area contributed by atoms with Gasteiger partial charge in [-0.05, 0) is 38.8 Å². The molecule has 7 heteroatoms. The summed E-state index contributed by atoms with van der Waals surface area (Å²) in [6.45, 7) is 5.09. The van der Waals surface area contributed by atoms with Crippen LogP contribution in [-0.2, 0) is 0 Å². The number of aryl methyl sites for hydroxylation is 2. The molecule has 1 fully saturated rings. The van der Waals surface area contributed by atoms with Crippen molar-refractivity contribution < 1.29 is 9.32 Å². The number of nitrogens with zero attached hydrogens (tertiary/aromatic N) is 4. The molecule has 0 atom stereocenters. The third-order valence-corrected chi connectivity index (χ3v) is 5.43. The number of carbonyl (C=O) groups excluding carboxylic acids is 1. The Balaban J connectivity index is 1.54. The first kappa shape index (κ1) is 18.6. The molecule has 0 saturated carbocycles. The maximum Gasteiger partial charge on any atom is 0.255 e. The molecule has 1 amide bonds. The van der Waals surface area contributed by atoms with Gasteiger partial charge in [-0.2, -0.15) is 0 Å². The molecule has 0 N–H and O–H groups in total. The minimum Gasteiger partial charge on any atom is -0.356 e. The zero-order chi connectivity index (χ0) is 19.7. The van der Waals surface area contributed by atoms with E-state index >= 15 is 0 Å². The van der Waals surface area contributed by atoms with Gasteiger partial charge in [-0.25, -0.2) is 9.97 Å². The fraction of sp³-hybridized carbons (Fsp3) is 0.333. The Hall–Kier alpha value is -2.73. The number of piperidine rings is 1. The molecule has 0 bridgehead atoms. The number of likely N-dealkylation sites (tertiary alicyclic amines) is 1. The standard InChI is InChI=1S/C21H21ClN4O2/c1-13-11-19(28-25-13)17-12-23-14(2)24-20(17)15-7-9-26(10-8-15)21(27)16-5-3-4-6-18(16)22/h3-6,11-12,15H,7-10H2,1-2H3. The predicted octanol–water partition coefficient (Wildman–Crippen LogP) is 4.42. The molecule has 2 aromatic heterocycles. The van der Waals surface area contributed by atoms with Gasteiger partial charge >= 0.3 is 0 Å². The van der Waals surface area contributed by atoms with Gasteiger partial charge in [0.05, 0.1) is 27.5 Å². The third kappa shape index (κ3) is 3.64. The van der Waals surface area contributed by atoms with E-state index in [1.807, 2.05) is 36.9 Å². The van der Waals surface area contributed by atoms with Crippen LogP contribution in [0.2, 0.25) is 5.02 Å². The van der Waals surface area contributed by atoms with Gasteiger partial charge < -0.3 is 9.42 Å². The minimum absolute atomic E-state index is 0.0194. The first-order chi connectivity index (χ1) is 13.5. The summed E-state index contributed by atoms with van der Waals surface area (Å²) >= 11 is 6.19. The van der Waals surface area contributed by atoms with Crippen LogP contribution in [0, 0.1) is 13.8 Å². The fourth-order valence-corrected chi connectivity index (χ4v) is 3.86. The number of aromatic nitrogens is 3. The van der Waals surface area contributed by atoms with Gasteiger partial charge in [-0.1, -0.05) is 28.9 Å². The van der Waals surface area contributed by atoms with E-state index in [-0.39, 0.29) is 11.8 Å². The Morgan fingerprint density at radius 1 is 1.21 bits per heavy atom. The van der Waals surface area contributed by atoms with Crippen LogP contribution in [0.15, 0.2) is 41.1 Å². The number of hydrogen-bond donors (Lipinski definition) is 0. The van der Waals surface area contributed by atoms with Crippen molar-refractivity contribution in [1.29, 1.82) is 0 Å². The largest absolute Gasteiger partial charge is 0.356 e. The fourth-order valence-electron chi connectivity index (χ4n) is 3.64. The van der Waals surface area contributed by atoms with E-state index in [9.17, 15) is 4.79 Å². The van der Waals surface area contributed by atoms with Crippen molar-refractivity contribution in [3.63, 3.8) is 0 Å². The maximum absolute atomic E-state index is 12.8. The van der Waals surface area contributed by atoms with Gasteiger partial charge in [0.15, 0.2) is 5.76 Å². The van der Waals surface area contributed by atoms with Gasteiger partial charge in [-0.15, -0.1) is 0 Å². The average molecular weight is 397 g/mol. The molecule has 1 aliphatic rings. The molecule has 0 aliphatic carbocycles. The third-order valence-electron chi connectivity index (χ3n) is 5.11. The lowest BCUT2D eigenvalue weighted by molar-refractivity contribution is 0.0712. The molecule has 1 aliphatic heterocycles. The van der Waals surface area contributed by atoms with Crippen molar-refractivity contribution in [3.05, 3.63) is 64.3 Å². The minimum atomic E-state index is -0.0194. The lowest BCUT2D eigenvalue weighted by Gasteiger charge is -2.32. The van der Waals surface area contributed by atoms with E-state index in [2.05, 4.69) is 10.1 Å². The summed E-state index contributed by atoms with van der Waals surface area (Å²) in [5.41, 5.74) is 3.22. The van der Waals surface area contributed by atoms with E-state index in [0.717, 1.165) is 35.6 Å². The van der Waals surface area contributed by atoms with Crippen LogP contribution in [-0.4, -0.2) is 39.0 Å². The summed E-state index contributed by atoms with van der Waals surface area (Å²) in [7, 11) is 0. The molecule has 0 radical (unpaired) electrons. The Labute approximate surface area is 168 Å². The number of amides is 1. The molecular formula is C21H21ClN4O2. The van der Waals surface area contributed by atoms with Crippen LogP contribution in [0.3, 0.4) is 0 Å². The number of rotatable bonds is 3. The highest BCUT2D eigenvalue weighted by Crippen LogP contribution is 2.34. The zero-order valence-electron chi connectivity index (χ0n) is 15.9. The normalized spacial score (nSPS) is 15.0. The van der Waals surface area contributed by atoms with Gasteiger partial charge in [-0.3, -0.25) is 4.79 Å². The lowest BCUT2D eigenvalue weighted by Crippen LogP contribution is -2.38. The van der Waals surface area contributed by atoms with Crippen LogP contribution in [0.4, 0.5) is 0 Å². The molecule has 4 rings (SSSR count). The van der Waals surface area contributed by atoms with E-state index in [1.165, 1.54) is 0 Å². The first-order valence-electron chi connectivity index (χ1n) is 9.34. The summed E-state index contributed by atoms with van der Waals surface area (Å²) < 4.78 is 5.44. The summed E-state index contributed by atoms with van der Waals surface area (Å²) in [6.07, 6.45) is 3.46. The summed E-state index contributed by atoms with van der Waals surface area (Å²) in [5.74, 6) is 1.62. The van der Waals surface area contributed by atoms with Crippen molar-refractivity contribution in [2.24, 2.45) is 0 Å². The summed E-state index contributed by atoms with van der Waals surface area (Å²) in [6, 6.07) is 9.08. The second-order valence-electron chi connectivity index (χ2n) is 7.09. The highest BCUT2D eigenvalue weighted by Gasteiger charge is 2.28. The van der Waals surface area contributed by atoms with E-state index in [1.54, 1.807) is 18.3 Å². The number of benzene rings is 1. The van der Waals surface area contributed by atoms with Crippen molar-refractivity contribution in [1.82, 2.24) is 20.0 Å². The molecular weight excluding hydrogens is 376 g/mol. The summed E-state index contributed by atoms with van der Waals surface area (Å²) in [5, 5.41) is 4.47. The Morgan fingerprint density at radius 3 is 2.64 bits per heavy atom. The Bertz CT molecular complexity index is 1010. The second-order valence-corrected chi connectivity index (χ2v) is 7.50. The topological polar surface area (TPSA) is 72.1 Å². The lowest BCUT2D eigenvalue weighted by atomic mass is 9.90. The molecule has 1 aromatic carbocycles. The van der Waals surface area contributed by atoms with Crippen molar-refractivity contribution >= 4 is 17.5 Å². The van der Waals surface area contributed by atoms with Crippen molar-refractivity contribution in [2.45, 2.75) is 32.6 Å². The Kier molecular flexibility index (Phi) is 5.13. The highest BCUT2D eigenvalue weighted by molar-refractivity contribution is 6.33. The van der Waals surface area contributed by atoms with Crippen molar-refractivity contribution in [2.75, 3.05) is 13.1 Å². The van der Waals surface area contributed by atoms with Gasteiger partial charge in [0.2, 0.25) is 0 Å². The average Bonchev–Trinajstić information content (AvgIpc) is 3.14. The predicted molar refractivity (Wildman–Crippen MR) is 106 cm³/mol. The number of hydrogen-bond acceptors (Lipinski definition) is 5. The van der Waals surface area contributed by atoms with E-state index in [4.69, 9.17) is 21.1 Å². The van der Waals surface area contributed by atoms with Crippen molar-refractivity contribution in [3.8, 4) is 11.3 Å². The number of carbonyl (C=O) groups is 1. The van der Waals surface area contributed by atoms with E-state index in [0.29, 0.717) is 29.4 Å². The molecule has 6 nitrogen and oxygen atoms in total. The zero-order valence-corrected chi connectivity index (χ0v) is 16.6. The van der Waals surface area contributed by atoms with Crippen LogP contribution >= 0.6 is 11.6 Å². The quantitative estimate of drug-likeness (QED) is 0.655. The van der Waals surface area contributed by atoms with Gasteiger partial charge in [0.25, 0.3) is 5.91 Å². The van der Waals surface area contributed by atoms with E-state index < -0.39 is 0 Å². The molecule has 3 heterocycles. The molecule has 1 saturated heterocycles. The SMILES string of the molecule is Cc1cc(-c2cnc(C)nc2C2CCN(C(=O)c3ccccc3Cl)CC2)on1. The van der Waals surface area contributed by atoms with Crippen LogP contribution in [0.5, 0.6) is 0 Å². The smallest absolute Gasteiger partial charge is 0.255 e. The second kappa shape index (κ2) is 7.72. The Morgan fingerprint density at radius 2 is 1.96 bits per heavy atom. The monoisotopic (exact) mass is 396 g/mol. The van der Waals surface area contributed by atoms with Crippen LogP contribution in [0.1, 0.15) is 46.3 Å². The maximum atomic E-state index is 12.8. The molecule has 3 aromatic rings. The van der Waals surface area contributed by atoms with Crippen LogP contribution < -0.4 is 0 Å². The number of halogens is 1. The molecule has 144 valence electrons. The van der Waals surface area contributed by atoms with Gasteiger partial charge in [0, 0.05) is 31.3 Å². The molecule has 28 heavy (non-hydrogen) atoms. The molecule has 0 spiro atoms.